The van der Waals surface area contributed by atoms with Crippen molar-refractivity contribution in [2.24, 2.45) is 0 Å². The number of rotatable bonds is 6. The summed E-state index contributed by atoms with van der Waals surface area (Å²) in [7, 11) is 0. The average Bonchev–Trinajstić information content (AvgIpc) is 2.24. The normalized spacial score (nSPS) is 11.8. The summed E-state index contributed by atoms with van der Waals surface area (Å²) in [6.45, 7) is 0.434. The summed E-state index contributed by atoms with van der Waals surface area (Å²) in [5.41, 5.74) is 0. The third-order valence-electron chi connectivity index (χ3n) is 1.55. The van der Waals surface area contributed by atoms with Crippen LogP contribution in [0.4, 0.5) is 22.0 Å². The van der Waals surface area contributed by atoms with Gasteiger partial charge < -0.3 is 9.47 Å². The van der Waals surface area contributed by atoms with Gasteiger partial charge in [0.1, 0.15) is 6.61 Å². The van der Waals surface area contributed by atoms with Gasteiger partial charge in [-0.2, -0.15) is 22.0 Å². The van der Waals surface area contributed by atoms with E-state index >= 15 is 0 Å². The summed E-state index contributed by atoms with van der Waals surface area (Å²) in [5, 5.41) is 0. The van der Waals surface area contributed by atoms with Gasteiger partial charge in [-0.3, -0.25) is 4.79 Å². The largest absolute Gasteiger partial charge is 0.462 e. The van der Waals surface area contributed by atoms with E-state index in [0.29, 0.717) is 0 Å². The summed E-state index contributed by atoms with van der Waals surface area (Å²) in [4.78, 5) is 21.2. The summed E-state index contributed by atoms with van der Waals surface area (Å²) in [6.07, 6.45) is -5.63. The van der Waals surface area contributed by atoms with Gasteiger partial charge in [-0.25, -0.2) is 4.79 Å². The van der Waals surface area contributed by atoms with E-state index in [1.165, 1.54) is 0 Å². The third-order valence-corrected chi connectivity index (χ3v) is 1.55. The molecule has 0 aromatic heterocycles. The highest BCUT2D eigenvalue weighted by Gasteiger charge is 2.58. The summed E-state index contributed by atoms with van der Waals surface area (Å²) in [5.74, 6) is -7.31. The van der Waals surface area contributed by atoms with Crippen molar-refractivity contribution < 1.29 is 41.0 Å². The van der Waals surface area contributed by atoms with Gasteiger partial charge in [0.15, 0.2) is 6.61 Å². The van der Waals surface area contributed by atoms with Gasteiger partial charge in [0.2, 0.25) is 0 Å². The predicted octanol–water partition coefficient (Wildman–Crippen LogP) is 1.85. The number of hydrogen-bond donors (Lipinski definition) is 0. The number of carbonyl (C=O) groups excluding carboxylic acids is 2. The fourth-order valence-corrected chi connectivity index (χ4v) is 0.619. The number of alkyl halides is 5. The second-order valence-electron chi connectivity index (χ2n) is 2.98. The van der Waals surface area contributed by atoms with Crippen LogP contribution in [0.25, 0.3) is 0 Å². The lowest BCUT2D eigenvalue weighted by atomic mass is 10.3. The SMILES string of the molecule is C=CC(=O)OCCC(=O)OCC(F)(F)C(F)(F)F. The lowest BCUT2D eigenvalue weighted by Crippen LogP contribution is -2.41. The van der Waals surface area contributed by atoms with Gasteiger partial charge in [0.05, 0.1) is 6.42 Å². The molecule has 0 fully saturated rings. The summed E-state index contributed by atoms with van der Waals surface area (Å²) in [6, 6.07) is 0. The number of halogens is 5. The van der Waals surface area contributed by atoms with Crippen LogP contribution in [0.3, 0.4) is 0 Å². The monoisotopic (exact) mass is 276 g/mol. The third kappa shape index (κ3) is 5.60. The summed E-state index contributed by atoms with van der Waals surface area (Å²) >= 11 is 0. The van der Waals surface area contributed by atoms with Gasteiger partial charge in [-0.15, -0.1) is 0 Å². The highest BCUT2D eigenvalue weighted by molar-refractivity contribution is 5.81. The molecule has 9 heteroatoms. The molecule has 0 radical (unpaired) electrons. The van der Waals surface area contributed by atoms with Crippen LogP contribution >= 0.6 is 0 Å². The van der Waals surface area contributed by atoms with E-state index in [9.17, 15) is 31.5 Å². The van der Waals surface area contributed by atoms with Crippen molar-refractivity contribution >= 4 is 11.9 Å². The summed E-state index contributed by atoms with van der Waals surface area (Å²) < 4.78 is 67.6. The first-order chi connectivity index (χ1) is 8.10. The van der Waals surface area contributed by atoms with Crippen molar-refractivity contribution in [1.29, 1.82) is 0 Å². The fraction of sp³-hybridized carbons (Fsp3) is 0.556. The Morgan fingerprint density at radius 1 is 1.11 bits per heavy atom. The van der Waals surface area contributed by atoms with Crippen LogP contribution in [0.2, 0.25) is 0 Å². The number of ether oxygens (including phenoxy) is 2. The van der Waals surface area contributed by atoms with E-state index in [1.54, 1.807) is 0 Å². The molecule has 0 bridgehead atoms. The second-order valence-corrected chi connectivity index (χ2v) is 2.98. The molecule has 0 unspecified atom stereocenters. The second kappa shape index (κ2) is 6.31. The lowest BCUT2D eigenvalue weighted by molar-refractivity contribution is -0.294. The van der Waals surface area contributed by atoms with Gasteiger partial charge in [0.25, 0.3) is 0 Å². The van der Waals surface area contributed by atoms with Crippen molar-refractivity contribution in [3.05, 3.63) is 12.7 Å². The van der Waals surface area contributed by atoms with Gasteiger partial charge in [0, 0.05) is 6.08 Å². The molecule has 0 amide bonds. The van der Waals surface area contributed by atoms with Crippen molar-refractivity contribution in [2.75, 3.05) is 13.2 Å². The Kier molecular flexibility index (Phi) is 5.73. The van der Waals surface area contributed by atoms with Crippen molar-refractivity contribution in [3.63, 3.8) is 0 Å². The Bertz CT molecular complexity index is 323. The van der Waals surface area contributed by atoms with Crippen LogP contribution in [0.15, 0.2) is 12.7 Å². The fourth-order valence-electron chi connectivity index (χ4n) is 0.619. The zero-order chi connectivity index (χ0) is 14.4. The first-order valence-electron chi connectivity index (χ1n) is 4.49. The zero-order valence-electron chi connectivity index (χ0n) is 8.93. The van der Waals surface area contributed by atoms with Gasteiger partial charge in [-0.1, -0.05) is 6.58 Å². The van der Waals surface area contributed by atoms with Crippen LogP contribution in [0.1, 0.15) is 6.42 Å². The standard InChI is InChI=1S/C9H9F5O4/c1-2-6(15)17-4-3-7(16)18-5-8(10,11)9(12,13)14/h2H,1,3-5H2. The maximum absolute atomic E-state index is 12.3. The predicted molar refractivity (Wildman–Crippen MR) is 47.7 cm³/mol. The maximum atomic E-state index is 12.3. The number of carbonyl (C=O) groups is 2. The molecule has 0 atom stereocenters. The molecule has 0 aromatic rings. The molecule has 0 rings (SSSR count). The molecule has 0 saturated heterocycles. The Morgan fingerprint density at radius 3 is 2.11 bits per heavy atom. The first-order valence-corrected chi connectivity index (χ1v) is 4.49. The van der Waals surface area contributed by atoms with E-state index in [-0.39, 0.29) is 0 Å². The number of hydrogen-bond acceptors (Lipinski definition) is 4. The molecule has 0 aromatic carbocycles. The van der Waals surface area contributed by atoms with Crippen LogP contribution in [-0.4, -0.2) is 37.3 Å². The minimum atomic E-state index is -5.79. The van der Waals surface area contributed by atoms with E-state index in [2.05, 4.69) is 16.1 Å². The van der Waals surface area contributed by atoms with Crippen LogP contribution < -0.4 is 0 Å². The molecule has 0 spiro atoms. The minimum Gasteiger partial charge on any atom is -0.462 e. The molecular weight excluding hydrogens is 267 g/mol. The molecule has 0 aliphatic rings. The van der Waals surface area contributed by atoms with Crippen LogP contribution in [-0.2, 0) is 19.1 Å². The molecule has 0 aliphatic carbocycles. The quantitative estimate of drug-likeness (QED) is 0.422. The Hall–Kier alpha value is -1.67. The Balaban J connectivity index is 3.98. The molecule has 104 valence electrons. The average molecular weight is 276 g/mol. The van der Waals surface area contributed by atoms with Gasteiger partial charge in [-0.05, 0) is 0 Å². The van der Waals surface area contributed by atoms with E-state index in [1.807, 2.05) is 0 Å². The molecule has 0 N–H and O–H groups in total. The van der Waals surface area contributed by atoms with E-state index < -0.39 is 43.7 Å². The van der Waals surface area contributed by atoms with E-state index in [0.717, 1.165) is 6.08 Å². The molecule has 0 heterocycles. The maximum Gasteiger partial charge on any atom is 0.456 e. The van der Waals surface area contributed by atoms with Crippen LogP contribution in [0.5, 0.6) is 0 Å². The molecule has 18 heavy (non-hydrogen) atoms. The highest BCUT2D eigenvalue weighted by Crippen LogP contribution is 2.35. The molecular formula is C9H9F5O4. The lowest BCUT2D eigenvalue weighted by Gasteiger charge is -2.18. The number of esters is 2. The Morgan fingerprint density at radius 2 is 1.67 bits per heavy atom. The zero-order valence-corrected chi connectivity index (χ0v) is 8.93. The molecule has 0 saturated carbocycles. The van der Waals surface area contributed by atoms with Crippen molar-refractivity contribution in [3.8, 4) is 0 Å². The first kappa shape index (κ1) is 16.3. The van der Waals surface area contributed by atoms with E-state index in [4.69, 9.17) is 0 Å². The smallest absolute Gasteiger partial charge is 0.456 e. The van der Waals surface area contributed by atoms with Crippen molar-refractivity contribution in [1.82, 2.24) is 0 Å². The van der Waals surface area contributed by atoms with Crippen LogP contribution in [0, 0.1) is 0 Å². The molecule has 0 aliphatic heterocycles. The topological polar surface area (TPSA) is 52.6 Å². The van der Waals surface area contributed by atoms with Crippen molar-refractivity contribution in [2.45, 2.75) is 18.5 Å². The Labute approximate surface area is 98.3 Å². The van der Waals surface area contributed by atoms with Gasteiger partial charge >= 0.3 is 24.0 Å². The minimum absolute atomic E-state index is 0.499. The molecule has 4 nitrogen and oxygen atoms in total. The highest BCUT2D eigenvalue weighted by atomic mass is 19.4.